The summed E-state index contributed by atoms with van der Waals surface area (Å²) >= 11 is 0. The Kier molecular flexibility index (Phi) is 14.7. The molecule has 0 saturated heterocycles. The summed E-state index contributed by atoms with van der Waals surface area (Å²) in [5.74, 6) is -2.70. The van der Waals surface area contributed by atoms with Crippen molar-refractivity contribution < 1.29 is 38.6 Å². The number of rotatable bonds is 17. The zero-order valence-electron chi connectivity index (χ0n) is 22.5. The van der Waals surface area contributed by atoms with Crippen molar-refractivity contribution in [3.63, 3.8) is 0 Å². The molecule has 0 unspecified atom stereocenters. The summed E-state index contributed by atoms with van der Waals surface area (Å²) in [6, 6.07) is 2.94. The number of Topliss-reactive ketones (excluding diaryl/α,β-unsaturated/α-hetero) is 1. The molecule has 0 spiro atoms. The van der Waals surface area contributed by atoms with Crippen molar-refractivity contribution in [2.75, 3.05) is 6.54 Å². The predicted molar refractivity (Wildman–Crippen MR) is 141 cm³/mol. The van der Waals surface area contributed by atoms with Gasteiger partial charge >= 0.3 is 12.2 Å². The summed E-state index contributed by atoms with van der Waals surface area (Å²) in [6.07, 6.45) is 1.23. The lowest BCUT2D eigenvalue weighted by atomic mass is 10.0. The van der Waals surface area contributed by atoms with Gasteiger partial charge < -0.3 is 37.1 Å². The third-order valence-corrected chi connectivity index (χ3v) is 5.49. The lowest BCUT2D eigenvalue weighted by Crippen LogP contribution is -2.55. The van der Waals surface area contributed by atoms with Crippen LogP contribution in [0.25, 0.3) is 5.53 Å². The first-order chi connectivity index (χ1) is 18.4. The molecule has 0 fully saturated rings. The zero-order valence-corrected chi connectivity index (χ0v) is 22.5. The maximum Gasteiger partial charge on any atom is 0.328 e. The summed E-state index contributed by atoms with van der Waals surface area (Å²) in [6.45, 7) is 5.04. The van der Waals surface area contributed by atoms with Crippen LogP contribution >= 0.6 is 0 Å². The number of ketones is 1. The quantitative estimate of drug-likeness (QED) is 0.0594. The Balaban J connectivity index is 2.97. The number of phenolic OH excluding ortho intramolecular Hbond substituents is 1. The van der Waals surface area contributed by atoms with E-state index in [4.69, 9.17) is 16.0 Å². The molecule has 13 nitrogen and oxygen atoms in total. The van der Waals surface area contributed by atoms with Crippen molar-refractivity contribution in [1.29, 1.82) is 0 Å². The van der Waals surface area contributed by atoms with Crippen LogP contribution in [0.3, 0.4) is 0 Å². The zero-order chi connectivity index (χ0) is 29.4. The van der Waals surface area contributed by atoms with Gasteiger partial charge in [0.25, 0.3) is 0 Å². The molecule has 3 atom stereocenters. The van der Waals surface area contributed by atoms with Crippen LogP contribution in [0.2, 0.25) is 0 Å². The first-order valence-electron chi connectivity index (χ1n) is 12.7. The van der Waals surface area contributed by atoms with E-state index in [1.807, 2.05) is 0 Å². The second-order valence-corrected chi connectivity index (χ2v) is 9.31. The van der Waals surface area contributed by atoms with Crippen molar-refractivity contribution >= 4 is 35.7 Å². The molecule has 0 aliphatic carbocycles. The average Bonchev–Trinajstić information content (AvgIpc) is 2.86. The second-order valence-electron chi connectivity index (χ2n) is 9.31. The third-order valence-electron chi connectivity index (χ3n) is 5.49. The highest BCUT2D eigenvalue weighted by Gasteiger charge is 2.29. The fourth-order valence-corrected chi connectivity index (χ4v) is 3.52. The highest BCUT2D eigenvalue weighted by molar-refractivity contribution is 6.25. The number of carbonyl (C=O) groups excluding carboxylic acids is 5. The third kappa shape index (κ3) is 13.9. The lowest BCUT2D eigenvalue weighted by Gasteiger charge is -2.24. The Morgan fingerprint density at radius 3 is 2.26 bits per heavy atom. The van der Waals surface area contributed by atoms with E-state index in [-0.39, 0.29) is 37.3 Å². The number of amides is 3. The standard InChI is InChI=1S/C26H38N6O7/c1-16(2)39-26(38)23(12-11-20(35)15-30-28)32-25(37)22(6-4-5-13-29-17(3)33)31-24(36)21(27)14-18-7-9-19(34)10-8-18/h7-10,15-16,21-23,34H,4-6,11-14,27H2,1-3H3,(H,29,33)(H,31,36)(H,32,37)/t21-,22-,23-/m0/s1. The number of benzene rings is 1. The van der Waals surface area contributed by atoms with E-state index in [1.165, 1.54) is 19.1 Å². The van der Waals surface area contributed by atoms with Crippen LogP contribution in [0.15, 0.2) is 24.3 Å². The summed E-state index contributed by atoms with van der Waals surface area (Å²) < 4.78 is 5.20. The van der Waals surface area contributed by atoms with E-state index in [0.29, 0.717) is 31.2 Å². The van der Waals surface area contributed by atoms with Crippen molar-refractivity contribution in [1.82, 2.24) is 16.0 Å². The SMILES string of the molecule is CC(=O)NCCCC[C@H](NC(=O)[C@@H](N)Cc1ccc(O)cc1)C(=O)N[C@@H](CCC(=O)C=[N+]=[N-])C(=O)OC(C)C. The Hall–Kier alpha value is -4.09. The predicted octanol–water partition coefficient (Wildman–Crippen LogP) is 0.140. The number of unbranched alkanes of at least 4 members (excludes halogenated alkanes) is 1. The maximum atomic E-state index is 13.2. The minimum absolute atomic E-state index is 0.0728. The molecule has 6 N–H and O–H groups in total. The van der Waals surface area contributed by atoms with Crippen molar-refractivity contribution in [3.8, 4) is 5.75 Å². The van der Waals surface area contributed by atoms with Crippen molar-refractivity contribution in [3.05, 3.63) is 35.4 Å². The molecule has 1 aromatic rings. The number of aromatic hydroxyl groups is 1. The molecular formula is C26H38N6O7. The van der Waals surface area contributed by atoms with Gasteiger partial charge in [-0.05, 0) is 63.6 Å². The highest BCUT2D eigenvalue weighted by atomic mass is 16.5. The number of nitrogens with one attached hydrogen (secondary N) is 3. The van der Waals surface area contributed by atoms with Gasteiger partial charge in [0.1, 0.15) is 17.8 Å². The Labute approximate surface area is 227 Å². The molecule has 39 heavy (non-hydrogen) atoms. The van der Waals surface area contributed by atoms with Crippen molar-refractivity contribution in [2.45, 2.75) is 83.5 Å². The van der Waals surface area contributed by atoms with Gasteiger partial charge in [-0.25, -0.2) is 4.79 Å². The van der Waals surface area contributed by atoms with Crippen LogP contribution < -0.4 is 21.7 Å². The van der Waals surface area contributed by atoms with Gasteiger partial charge in [0.15, 0.2) is 0 Å². The van der Waals surface area contributed by atoms with E-state index in [0.717, 1.165) is 0 Å². The van der Waals surface area contributed by atoms with Crippen LogP contribution in [0.1, 0.15) is 58.4 Å². The molecule has 1 aromatic carbocycles. The molecule has 13 heteroatoms. The Morgan fingerprint density at radius 2 is 1.67 bits per heavy atom. The lowest BCUT2D eigenvalue weighted by molar-refractivity contribution is -0.152. The summed E-state index contributed by atoms with van der Waals surface area (Å²) in [4.78, 5) is 64.2. The van der Waals surface area contributed by atoms with Gasteiger partial charge in [0.2, 0.25) is 23.5 Å². The average molecular weight is 547 g/mol. The molecule has 214 valence electrons. The monoisotopic (exact) mass is 546 g/mol. The fraction of sp³-hybridized carbons (Fsp3) is 0.538. The van der Waals surface area contributed by atoms with Gasteiger partial charge in [-0.3, -0.25) is 19.2 Å². The molecule has 3 amide bonds. The number of nitrogens with zero attached hydrogens (tertiary/aromatic N) is 2. The molecule has 0 saturated carbocycles. The normalized spacial score (nSPS) is 12.8. The number of nitrogens with two attached hydrogens (primary N) is 1. The summed E-state index contributed by atoms with van der Waals surface area (Å²) in [5.41, 5.74) is 15.3. The van der Waals surface area contributed by atoms with Gasteiger partial charge in [-0.2, -0.15) is 4.79 Å². The minimum Gasteiger partial charge on any atom is -0.508 e. The number of esters is 1. The van der Waals surface area contributed by atoms with E-state index >= 15 is 0 Å². The van der Waals surface area contributed by atoms with Crippen molar-refractivity contribution in [2.24, 2.45) is 5.73 Å². The molecule has 0 aliphatic heterocycles. The van der Waals surface area contributed by atoms with Gasteiger partial charge in [-0.1, -0.05) is 12.1 Å². The van der Waals surface area contributed by atoms with Crippen LogP contribution in [0.4, 0.5) is 0 Å². The van der Waals surface area contributed by atoms with Gasteiger partial charge in [0, 0.05) is 19.9 Å². The van der Waals surface area contributed by atoms with Gasteiger partial charge in [0.05, 0.1) is 12.1 Å². The van der Waals surface area contributed by atoms with E-state index in [1.54, 1.807) is 26.0 Å². The number of phenols is 1. The highest BCUT2D eigenvalue weighted by Crippen LogP contribution is 2.12. The maximum absolute atomic E-state index is 13.2. The topological polar surface area (TPSA) is 213 Å². The van der Waals surface area contributed by atoms with E-state index < -0.39 is 47.8 Å². The van der Waals surface area contributed by atoms with Crippen LogP contribution in [-0.4, -0.2) is 76.4 Å². The number of ether oxygens (including phenoxy) is 1. The minimum atomic E-state index is -1.19. The molecule has 0 bridgehead atoms. The summed E-state index contributed by atoms with van der Waals surface area (Å²) in [5, 5.41) is 17.3. The van der Waals surface area contributed by atoms with E-state index in [2.05, 4.69) is 20.7 Å². The second kappa shape index (κ2) is 17.4. The Morgan fingerprint density at radius 1 is 1.03 bits per heavy atom. The first-order valence-corrected chi connectivity index (χ1v) is 12.7. The molecule has 0 aliphatic rings. The van der Waals surface area contributed by atoms with Gasteiger partial charge in [-0.15, -0.1) is 0 Å². The molecule has 0 aromatic heterocycles. The largest absolute Gasteiger partial charge is 0.508 e. The van der Waals surface area contributed by atoms with Crippen LogP contribution in [0, 0.1) is 0 Å². The fourth-order valence-electron chi connectivity index (χ4n) is 3.52. The number of carbonyl (C=O) groups is 5. The molecule has 0 heterocycles. The summed E-state index contributed by atoms with van der Waals surface area (Å²) in [7, 11) is 0. The number of hydrogen-bond acceptors (Lipinski definition) is 8. The smallest absolute Gasteiger partial charge is 0.328 e. The molecule has 1 rings (SSSR count). The van der Waals surface area contributed by atoms with Crippen LogP contribution in [0.5, 0.6) is 5.75 Å². The first kappa shape index (κ1) is 32.9. The number of hydrogen-bond donors (Lipinski definition) is 5. The Bertz CT molecular complexity index is 1040. The van der Waals surface area contributed by atoms with Crippen LogP contribution in [-0.2, 0) is 35.1 Å². The van der Waals surface area contributed by atoms with E-state index in [9.17, 15) is 29.1 Å². The molecule has 0 radical (unpaired) electrons. The molecular weight excluding hydrogens is 508 g/mol.